The summed E-state index contributed by atoms with van der Waals surface area (Å²) in [5.41, 5.74) is 3.22. The number of nitrogens with one attached hydrogen (secondary N) is 1. The van der Waals surface area contributed by atoms with Gasteiger partial charge in [-0.2, -0.15) is 11.3 Å². The van der Waals surface area contributed by atoms with Gasteiger partial charge in [0.25, 0.3) is 5.91 Å². The second-order valence-electron chi connectivity index (χ2n) is 5.57. The molecule has 128 valence electrons. The fourth-order valence-electron chi connectivity index (χ4n) is 2.27. The van der Waals surface area contributed by atoms with Crippen LogP contribution in [0.4, 0.5) is 5.69 Å². The Bertz CT molecular complexity index is 831. The van der Waals surface area contributed by atoms with Crippen molar-refractivity contribution in [3.8, 4) is 5.75 Å². The highest BCUT2D eigenvalue weighted by atomic mass is 32.2. The molecule has 3 aromatic rings. The van der Waals surface area contributed by atoms with Crippen LogP contribution < -0.4 is 10.1 Å². The van der Waals surface area contributed by atoms with E-state index < -0.39 is 0 Å². The van der Waals surface area contributed by atoms with Crippen molar-refractivity contribution < 1.29 is 9.53 Å². The molecule has 1 heterocycles. The molecule has 1 amide bonds. The first-order valence-electron chi connectivity index (χ1n) is 7.93. The second kappa shape index (κ2) is 8.74. The summed E-state index contributed by atoms with van der Waals surface area (Å²) in [7, 11) is 0. The standard InChI is InChI=1S/C20H19NO2S2/c1-15-5-4-6-17(11-15)23-12-20(22)21-18-7-2-3-8-19(18)25-14-16-9-10-24-13-16/h2-11,13H,12,14H2,1H3,(H,21,22). The Hall–Kier alpha value is -2.24. The Kier molecular flexibility index (Phi) is 6.14. The Morgan fingerprint density at radius 1 is 1.16 bits per heavy atom. The average Bonchev–Trinajstić information content (AvgIpc) is 3.13. The van der Waals surface area contributed by atoms with Gasteiger partial charge in [-0.25, -0.2) is 0 Å². The van der Waals surface area contributed by atoms with Crippen LogP contribution in [0.5, 0.6) is 5.75 Å². The van der Waals surface area contributed by atoms with Gasteiger partial charge in [0.05, 0.1) is 5.69 Å². The van der Waals surface area contributed by atoms with E-state index in [2.05, 4.69) is 22.1 Å². The van der Waals surface area contributed by atoms with Crippen molar-refractivity contribution in [2.45, 2.75) is 17.6 Å². The summed E-state index contributed by atoms with van der Waals surface area (Å²) in [6, 6.07) is 17.6. The van der Waals surface area contributed by atoms with Crippen molar-refractivity contribution in [3.63, 3.8) is 0 Å². The van der Waals surface area contributed by atoms with Gasteiger partial charge in [0.1, 0.15) is 5.75 Å². The topological polar surface area (TPSA) is 38.3 Å². The van der Waals surface area contributed by atoms with Gasteiger partial charge in [-0.15, -0.1) is 11.8 Å². The number of amides is 1. The van der Waals surface area contributed by atoms with Crippen molar-refractivity contribution in [1.29, 1.82) is 0 Å². The molecule has 0 fully saturated rings. The Morgan fingerprint density at radius 3 is 2.84 bits per heavy atom. The summed E-state index contributed by atoms with van der Waals surface area (Å²) in [4.78, 5) is 13.3. The zero-order chi connectivity index (χ0) is 17.5. The largest absolute Gasteiger partial charge is 0.484 e. The summed E-state index contributed by atoms with van der Waals surface area (Å²) in [6.07, 6.45) is 0. The highest BCUT2D eigenvalue weighted by Crippen LogP contribution is 2.30. The predicted octanol–water partition coefficient (Wildman–Crippen LogP) is 5.37. The van der Waals surface area contributed by atoms with E-state index in [1.54, 1.807) is 23.1 Å². The van der Waals surface area contributed by atoms with Crippen LogP contribution in [-0.4, -0.2) is 12.5 Å². The van der Waals surface area contributed by atoms with Crippen molar-refractivity contribution in [2.75, 3.05) is 11.9 Å². The van der Waals surface area contributed by atoms with Gasteiger partial charge in [-0.1, -0.05) is 24.3 Å². The number of benzene rings is 2. The van der Waals surface area contributed by atoms with Crippen LogP contribution in [0.15, 0.2) is 70.3 Å². The van der Waals surface area contributed by atoms with Gasteiger partial charge in [0.15, 0.2) is 6.61 Å². The number of hydrogen-bond donors (Lipinski definition) is 1. The summed E-state index contributed by atoms with van der Waals surface area (Å²) in [5.74, 6) is 1.43. The maximum atomic E-state index is 12.2. The van der Waals surface area contributed by atoms with Crippen LogP contribution >= 0.6 is 23.1 Å². The highest BCUT2D eigenvalue weighted by molar-refractivity contribution is 7.98. The maximum absolute atomic E-state index is 12.2. The van der Waals surface area contributed by atoms with E-state index in [1.165, 1.54) is 5.56 Å². The van der Waals surface area contributed by atoms with Crippen molar-refractivity contribution >= 4 is 34.7 Å². The smallest absolute Gasteiger partial charge is 0.262 e. The molecule has 25 heavy (non-hydrogen) atoms. The first kappa shape index (κ1) is 17.6. The second-order valence-corrected chi connectivity index (χ2v) is 7.37. The number of hydrogen-bond acceptors (Lipinski definition) is 4. The fourth-order valence-corrected chi connectivity index (χ4v) is 4.00. The SMILES string of the molecule is Cc1cccc(OCC(=O)Nc2ccccc2SCc2ccsc2)c1. The molecule has 0 aliphatic rings. The minimum Gasteiger partial charge on any atom is -0.484 e. The summed E-state index contributed by atoms with van der Waals surface area (Å²) >= 11 is 3.41. The van der Waals surface area contributed by atoms with E-state index in [0.29, 0.717) is 5.75 Å². The quantitative estimate of drug-likeness (QED) is 0.569. The lowest BCUT2D eigenvalue weighted by molar-refractivity contribution is -0.118. The number of rotatable bonds is 7. The molecule has 1 N–H and O–H groups in total. The Labute approximate surface area is 156 Å². The van der Waals surface area contributed by atoms with E-state index in [-0.39, 0.29) is 12.5 Å². The van der Waals surface area contributed by atoms with Gasteiger partial charge < -0.3 is 10.1 Å². The molecule has 0 unspecified atom stereocenters. The number of thioether (sulfide) groups is 1. The molecular weight excluding hydrogens is 350 g/mol. The summed E-state index contributed by atoms with van der Waals surface area (Å²) in [5, 5.41) is 7.16. The van der Waals surface area contributed by atoms with Crippen LogP contribution in [0.1, 0.15) is 11.1 Å². The maximum Gasteiger partial charge on any atom is 0.262 e. The Balaban J connectivity index is 1.57. The van der Waals surface area contributed by atoms with E-state index in [0.717, 1.165) is 21.9 Å². The van der Waals surface area contributed by atoms with Crippen LogP contribution in [0.3, 0.4) is 0 Å². The van der Waals surface area contributed by atoms with Crippen LogP contribution in [0, 0.1) is 6.92 Å². The first-order valence-corrected chi connectivity index (χ1v) is 9.86. The molecule has 0 bridgehead atoms. The molecule has 0 aliphatic heterocycles. The molecule has 2 aromatic carbocycles. The molecule has 1 aromatic heterocycles. The summed E-state index contributed by atoms with van der Waals surface area (Å²) in [6.45, 7) is 1.99. The van der Waals surface area contributed by atoms with Crippen LogP contribution in [-0.2, 0) is 10.5 Å². The van der Waals surface area contributed by atoms with Crippen LogP contribution in [0.2, 0.25) is 0 Å². The average molecular weight is 370 g/mol. The van der Waals surface area contributed by atoms with E-state index >= 15 is 0 Å². The van der Waals surface area contributed by atoms with Crippen LogP contribution in [0.25, 0.3) is 0 Å². The minimum absolute atomic E-state index is 0.00696. The molecule has 3 rings (SSSR count). The predicted molar refractivity (Wildman–Crippen MR) is 106 cm³/mol. The fraction of sp³-hybridized carbons (Fsp3) is 0.150. The monoisotopic (exact) mass is 369 g/mol. The first-order chi connectivity index (χ1) is 12.2. The number of carbonyl (C=O) groups is 1. The third kappa shape index (κ3) is 5.37. The van der Waals surface area contributed by atoms with Gasteiger partial charge in [-0.3, -0.25) is 4.79 Å². The zero-order valence-electron chi connectivity index (χ0n) is 13.9. The minimum atomic E-state index is -0.162. The van der Waals surface area contributed by atoms with Crippen molar-refractivity contribution in [3.05, 3.63) is 76.5 Å². The van der Waals surface area contributed by atoms with Gasteiger partial charge in [-0.05, 0) is 59.1 Å². The molecule has 5 heteroatoms. The molecule has 0 aliphatic carbocycles. The number of para-hydroxylation sites is 1. The lowest BCUT2D eigenvalue weighted by Crippen LogP contribution is -2.20. The molecule has 0 saturated carbocycles. The number of thiophene rings is 1. The molecule has 0 saturated heterocycles. The van der Waals surface area contributed by atoms with Crippen molar-refractivity contribution in [1.82, 2.24) is 0 Å². The Morgan fingerprint density at radius 2 is 2.04 bits per heavy atom. The third-order valence-electron chi connectivity index (χ3n) is 3.50. The van der Waals surface area contributed by atoms with Crippen molar-refractivity contribution in [2.24, 2.45) is 0 Å². The lowest BCUT2D eigenvalue weighted by atomic mass is 10.2. The number of aryl methyl sites for hydroxylation is 1. The van der Waals surface area contributed by atoms with Gasteiger partial charge >= 0.3 is 0 Å². The third-order valence-corrected chi connectivity index (χ3v) is 5.37. The normalized spacial score (nSPS) is 10.4. The zero-order valence-corrected chi connectivity index (χ0v) is 15.5. The molecule has 0 atom stereocenters. The van der Waals surface area contributed by atoms with E-state index in [4.69, 9.17) is 4.74 Å². The lowest BCUT2D eigenvalue weighted by Gasteiger charge is -2.11. The van der Waals surface area contributed by atoms with Gasteiger partial charge in [0, 0.05) is 10.6 Å². The number of ether oxygens (including phenoxy) is 1. The molecular formula is C20H19NO2S2. The highest BCUT2D eigenvalue weighted by Gasteiger charge is 2.08. The van der Waals surface area contributed by atoms with E-state index in [9.17, 15) is 4.79 Å². The number of anilines is 1. The van der Waals surface area contributed by atoms with E-state index in [1.807, 2.05) is 55.5 Å². The van der Waals surface area contributed by atoms with Gasteiger partial charge in [0.2, 0.25) is 0 Å². The summed E-state index contributed by atoms with van der Waals surface area (Å²) < 4.78 is 5.56. The molecule has 0 spiro atoms. The molecule has 3 nitrogen and oxygen atoms in total. The molecule has 0 radical (unpaired) electrons. The number of carbonyl (C=O) groups excluding carboxylic acids is 1.